The van der Waals surface area contributed by atoms with Crippen molar-refractivity contribution in [3.63, 3.8) is 0 Å². The number of carbonyl (C=O) groups excluding carboxylic acids is 2. The Kier molecular flexibility index (Phi) is 6.58. The van der Waals surface area contributed by atoms with Gasteiger partial charge in [0.05, 0.1) is 4.90 Å². The first-order chi connectivity index (χ1) is 14.2. The molecule has 3 rings (SSSR count). The summed E-state index contributed by atoms with van der Waals surface area (Å²) in [7, 11) is -3.68. The first-order valence-corrected chi connectivity index (χ1v) is 11.4. The molecule has 0 heterocycles. The van der Waals surface area contributed by atoms with Gasteiger partial charge in [0.2, 0.25) is 21.8 Å². The fourth-order valence-corrected chi connectivity index (χ4v) is 4.65. The molecular weight excluding hydrogens is 402 g/mol. The van der Waals surface area contributed by atoms with Crippen molar-refractivity contribution < 1.29 is 18.0 Å². The second-order valence-corrected chi connectivity index (χ2v) is 9.47. The Bertz CT molecular complexity index is 1040. The van der Waals surface area contributed by atoms with Crippen LogP contribution in [0, 0.1) is 13.8 Å². The van der Waals surface area contributed by atoms with Crippen LogP contribution in [0.4, 0.5) is 0 Å². The predicted octanol–water partition coefficient (Wildman–Crippen LogP) is 2.26. The molecule has 0 saturated heterocycles. The van der Waals surface area contributed by atoms with Gasteiger partial charge in [0, 0.05) is 31.1 Å². The van der Waals surface area contributed by atoms with Gasteiger partial charge in [-0.25, -0.2) is 13.1 Å². The highest BCUT2D eigenvalue weighted by Crippen LogP contribution is 2.29. The lowest BCUT2D eigenvalue weighted by Crippen LogP contribution is -2.35. The number of sulfonamides is 1. The second-order valence-electron chi connectivity index (χ2n) is 7.73. The van der Waals surface area contributed by atoms with Crippen LogP contribution in [0.25, 0.3) is 0 Å². The number of aryl methyl sites for hydroxylation is 2. The summed E-state index contributed by atoms with van der Waals surface area (Å²) in [5.74, 6) is -0.590. The van der Waals surface area contributed by atoms with E-state index in [0.29, 0.717) is 17.7 Å². The van der Waals surface area contributed by atoms with Crippen molar-refractivity contribution in [1.29, 1.82) is 0 Å². The molecule has 0 aromatic heterocycles. The Morgan fingerprint density at radius 1 is 1.10 bits per heavy atom. The van der Waals surface area contributed by atoms with Crippen molar-refractivity contribution >= 4 is 21.8 Å². The number of hydrogen-bond donors (Lipinski definition) is 2. The Hall–Kier alpha value is -2.71. The number of nitrogens with two attached hydrogens (primary N) is 1. The second kappa shape index (κ2) is 8.97. The van der Waals surface area contributed by atoms with Gasteiger partial charge in [0.15, 0.2) is 0 Å². The molecule has 0 radical (unpaired) electrons. The molecule has 1 aliphatic carbocycles. The zero-order chi connectivity index (χ0) is 21.9. The fraction of sp³-hybridized carbons (Fsp3) is 0.364. The standard InChI is InChI=1S/C22H27N3O4S/c1-15-3-4-16(2)20(13-15)30(28,29)24-12-11-21(26)25(19-9-10-19)14-17-5-7-18(8-6-17)22(23)27/h3-8,13,19,24H,9-12,14H2,1-2H3,(H2,23,27). The lowest BCUT2D eigenvalue weighted by atomic mass is 10.1. The van der Waals surface area contributed by atoms with Crippen LogP contribution in [-0.4, -0.2) is 37.7 Å². The summed E-state index contributed by atoms with van der Waals surface area (Å²) >= 11 is 0. The molecule has 7 nitrogen and oxygen atoms in total. The maximum atomic E-state index is 12.8. The van der Waals surface area contributed by atoms with E-state index >= 15 is 0 Å². The fourth-order valence-electron chi connectivity index (χ4n) is 3.29. The minimum absolute atomic E-state index is 0.0401. The summed E-state index contributed by atoms with van der Waals surface area (Å²) in [5.41, 5.74) is 8.11. The highest BCUT2D eigenvalue weighted by Gasteiger charge is 2.32. The molecule has 2 amide bonds. The summed E-state index contributed by atoms with van der Waals surface area (Å²) in [4.78, 5) is 26.0. The normalized spacial score (nSPS) is 13.8. The van der Waals surface area contributed by atoms with Crippen LogP contribution in [0.15, 0.2) is 47.4 Å². The number of nitrogens with one attached hydrogen (secondary N) is 1. The highest BCUT2D eigenvalue weighted by molar-refractivity contribution is 7.89. The van der Waals surface area contributed by atoms with Crippen molar-refractivity contribution in [3.05, 3.63) is 64.7 Å². The van der Waals surface area contributed by atoms with E-state index < -0.39 is 15.9 Å². The van der Waals surface area contributed by atoms with E-state index in [0.717, 1.165) is 24.0 Å². The number of nitrogens with zero attached hydrogens (tertiary/aromatic N) is 1. The maximum absolute atomic E-state index is 12.8. The molecule has 3 N–H and O–H groups in total. The molecule has 1 aliphatic rings. The van der Waals surface area contributed by atoms with Crippen LogP contribution in [0.3, 0.4) is 0 Å². The molecule has 160 valence electrons. The number of benzene rings is 2. The molecule has 0 spiro atoms. The molecular formula is C22H27N3O4S. The van der Waals surface area contributed by atoms with Crippen molar-refractivity contribution in [3.8, 4) is 0 Å². The van der Waals surface area contributed by atoms with Crippen LogP contribution >= 0.6 is 0 Å². The Balaban J connectivity index is 1.60. The number of carbonyl (C=O) groups is 2. The Labute approximate surface area is 177 Å². The molecule has 1 saturated carbocycles. The SMILES string of the molecule is Cc1ccc(C)c(S(=O)(=O)NCCC(=O)N(Cc2ccc(C(N)=O)cc2)C2CC2)c1. The molecule has 2 aromatic rings. The first-order valence-electron chi connectivity index (χ1n) is 9.92. The molecule has 0 unspecified atom stereocenters. The van der Waals surface area contributed by atoms with E-state index in [2.05, 4.69) is 4.72 Å². The van der Waals surface area contributed by atoms with Gasteiger partial charge in [-0.05, 0) is 61.6 Å². The lowest BCUT2D eigenvalue weighted by molar-refractivity contribution is -0.132. The molecule has 30 heavy (non-hydrogen) atoms. The lowest BCUT2D eigenvalue weighted by Gasteiger charge is -2.23. The largest absolute Gasteiger partial charge is 0.366 e. The predicted molar refractivity (Wildman–Crippen MR) is 114 cm³/mol. The number of rotatable bonds is 9. The molecule has 0 aliphatic heterocycles. The topological polar surface area (TPSA) is 110 Å². The highest BCUT2D eigenvalue weighted by atomic mass is 32.2. The monoisotopic (exact) mass is 429 g/mol. The van der Waals surface area contributed by atoms with Crippen molar-refractivity contribution in [2.75, 3.05) is 6.54 Å². The van der Waals surface area contributed by atoms with Gasteiger partial charge >= 0.3 is 0 Å². The van der Waals surface area contributed by atoms with Crippen molar-refractivity contribution in [2.24, 2.45) is 5.73 Å². The van der Waals surface area contributed by atoms with Gasteiger partial charge in [0.1, 0.15) is 0 Å². The van der Waals surface area contributed by atoms with Gasteiger partial charge in [-0.2, -0.15) is 0 Å². The van der Waals surface area contributed by atoms with E-state index in [1.807, 2.05) is 13.0 Å². The minimum Gasteiger partial charge on any atom is -0.366 e. The van der Waals surface area contributed by atoms with E-state index in [-0.39, 0.29) is 29.8 Å². The molecule has 2 aromatic carbocycles. The van der Waals surface area contributed by atoms with Gasteiger partial charge in [0.25, 0.3) is 0 Å². The van der Waals surface area contributed by atoms with Gasteiger partial charge < -0.3 is 10.6 Å². The van der Waals surface area contributed by atoms with Crippen LogP contribution in [0.2, 0.25) is 0 Å². The summed E-state index contributed by atoms with van der Waals surface area (Å²) < 4.78 is 27.8. The average molecular weight is 430 g/mol. The smallest absolute Gasteiger partial charge is 0.248 e. The maximum Gasteiger partial charge on any atom is 0.248 e. The van der Waals surface area contributed by atoms with E-state index in [4.69, 9.17) is 5.73 Å². The minimum atomic E-state index is -3.68. The summed E-state index contributed by atoms with van der Waals surface area (Å²) in [5, 5.41) is 0. The molecule has 8 heteroatoms. The quantitative estimate of drug-likeness (QED) is 0.637. The van der Waals surface area contributed by atoms with Crippen LogP contribution in [0.1, 0.15) is 46.3 Å². The third-order valence-corrected chi connectivity index (χ3v) is 6.77. The van der Waals surface area contributed by atoms with Crippen LogP contribution in [-0.2, 0) is 21.4 Å². The summed E-state index contributed by atoms with van der Waals surface area (Å²) in [6, 6.07) is 12.3. The number of primary amides is 1. The molecule has 1 fully saturated rings. The van der Waals surface area contributed by atoms with Crippen LogP contribution in [0.5, 0.6) is 0 Å². The Morgan fingerprint density at radius 3 is 2.37 bits per heavy atom. The summed E-state index contributed by atoms with van der Waals surface area (Å²) in [6.07, 6.45) is 1.97. The van der Waals surface area contributed by atoms with Gasteiger partial charge in [-0.3, -0.25) is 9.59 Å². The zero-order valence-corrected chi connectivity index (χ0v) is 18.0. The zero-order valence-electron chi connectivity index (χ0n) is 17.2. The van der Waals surface area contributed by atoms with Crippen LogP contribution < -0.4 is 10.5 Å². The number of amides is 2. The summed E-state index contributed by atoms with van der Waals surface area (Å²) in [6.45, 7) is 4.05. The molecule has 0 atom stereocenters. The third kappa shape index (κ3) is 5.46. The third-order valence-electron chi connectivity index (χ3n) is 5.16. The molecule has 0 bridgehead atoms. The van der Waals surface area contributed by atoms with Gasteiger partial charge in [-0.1, -0.05) is 24.3 Å². The number of hydrogen-bond acceptors (Lipinski definition) is 4. The first kappa shape index (κ1) is 22.0. The van der Waals surface area contributed by atoms with E-state index in [1.165, 1.54) is 0 Å². The van der Waals surface area contributed by atoms with Crippen molar-refractivity contribution in [1.82, 2.24) is 9.62 Å². The Morgan fingerprint density at radius 2 is 1.77 bits per heavy atom. The van der Waals surface area contributed by atoms with Crippen molar-refractivity contribution in [2.45, 2.75) is 50.6 Å². The van der Waals surface area contributed by atoms with E-state index in [9.17, 15) is 18.0 Å². The van der Waals surface area contributed by atoms with Gasteiger partial charge in [-0.15, -0.1) is 0 Å². The van der Waals surface area contributed by atoms with E-state index in [1.54, 1.807) is 48.2 Å². The average Bonchev–Trinajstić information content (AvgIpc) is 3.53.